The first-order valence-corrected chi connectivity index (χ1v) is 6.63. The highest BCUT2D eigenvalue weighted by molar-refractivity contribution is 4.95. The van der Waals surface area contributed by atoms with Crippen LogP contribution in [0.4, 0.5) is 0 Å². The summed E-state index contributed by atoms with van der Waals surface area (Å²) < 4.78 is 5.73. The molecule has 3 heteroatoms. The molecule has 0 amide bonds. The van der Waals surface area contributed by atoms with Crippen LogP contribution < -0.4 is 5.32 Å². The van der Waals surface area contributed by atoms with Crippen LogP contribution in [0.2, 0.25) is 0 Å². The zero-order chi connectivity index (χ0) is 11.6. The molecule has 2 atom stereocenters. The highest BCUT2D eigenvalue weighted by Gasteiger charge is 2.42. The van der Waals surface area contributed by atoms with Gasteiger partial charge in [0.2, 0.25) is 0 Å². The lowest BCUT2D eigenvalue weighted by Gasteiger charge is -2.33. The van der Waals surface area contributed by atoms with E-state index in [-0.39, 0.29) is 0 Å². The molecule has 2 aliphatic rings. The van der Waals surface area contributed by atoms with E-state index in [4.69, 9.17) is 9.84 Å². The minimum Gasteiger partial charge on any atom is -0.396 e. The predicted octanol–water partition coefficient (Wildman–Crippen LogP) is 1.69. The molecule has 3 nitrogen and oxygen atoms in total. The van der Waals surface area contributed by atoms with Crippen LogP contribution in [0.25, 0.3) is 0 Å². The summed E-state index contributed by atoms with van der Waals surface area (Å²) in [6.07, 6.45) is 6.56. The van der Waals surface area contributed by atoms with Gasteiger partial charge in [-0.2, -0.15) is 0 Å². The van der Waals surface area contributed by atoms with Crippen LogP contribution in [0.5, 0.6) is 0 Å². The van der Waals surface area contributed by atoms with Crippen LogP contribution >= 0.6 is 0 Å². The van der Waals surface area contributed by atoms with E-state index in [0.29, 0.717) is 30.3 Å². The van der Waals surface area contributed by atoms with Crippen LogP contribution in [0.15, 0.2) is 0 Å². The first kappa shape index (κ1) is 12.3. The molecule has 1 saturated heterocycles. The fourth-order valence-electron chi connectivity index (χ4n) is 2.86. The molecule has 1 aliphatic heterocycles. The summed E-state index contributed by atoms with van der Waals surface area (Å²) in [5.41, 5.74) is 0.430. The molecular formula is C13H25NO2. The zero-order valence-corrected chi connectivity index (χ0v) is 10.5. The van der Waals surface area contributed by atoms with E-state index in [0.717, 1.165) is 25.8 Å². The van der Waals surface area contributed by atoms with Crippen LogP contribution in [0.3, 0.4) is 0 Å². The summed E-state index contributed by atoms with van der Waals surface area (Å²) in [6.45, 7) is 5.73. The Balaban J connectivity index is 1.73. The van der Waals surface area contributed by atoms with Gasteiger partial charge in [-0.3, -0.25) is 0 Å². The van der Waals surface area contributed by atoms with Crippen molar-refractivity contribution >= 4 is 0 Å². The molecule has 2 N–H and O–H groups in total. The van der Waals surface area contributed by atoms with Gasteiger partial charge in [0.25, 0.3) is 0 Å². The van der Waals surface area contributed by atoms with Gasteiger partial charge in [0.1, 0.15) is 0 Å². The Morgan fingerprint density at radius 2 is 1.88 bits per heavy atom. The minimum absolute atomic E-state index is 0.336. The monoisotopic (exact) mass is 227 g/mol. The van der Waals surface area contributed by atoms with Crippen LogP contribution in [-0.2, 0) is 4.74 Å². The maximum atomic E-state index is 9.02. The second-order valence-electron chi connectivity index (χ2n) is 5.78. The highest BCUT2D eigenvalue weighted by atomic mass is 16.5. The standard InChI is InChI=1S/C13H25NO2/c1-10-7-12(8-11(2)16-10)14-9-13(3-4-13)5-6-15/h10-12,14-15H,3-9H2,1-2H3. The molecule has 0 aromatic rings. The number of rotatable bonds is 5. The van der Waals surface area contributed by atoms with Crippen molar-refractivity contribution in [3.8, 4) is 0 Å². The van der Waals surface area contributed by atoms with Crippen molar-refractivity contribution in [3.63, 3.8) is 0 Å². The average Bonchev–Trinajstić information content (AvgIpc) is 2.95. The Labute approximate surface area is 98.6 Å². The molecule has 0 radical (unpaired) electrons. The quantitative estimate of drug-likeness (QED) is 0.751. The van der Waals surface area contributed by atoms with E-state index in [2.05, 4.69) is 19.2 Å². The number of aliphatic hydroxyl groups excluding tert-OH is 1. The van der Waals surface area contributed by atoms with Gasteiger partial charge >= 0.3 is 0 Å². The van der Waals surface area contributed by atoms with Gasteiger partial charge in [-0.1, -0.05) is 0 Å². The second kappa shape index (κ2) is 5.03. The van der Waals surface area contributed by atoms with Crippen molar-refractivity contribution in [3.05, 3.63) is 0 Å². The summed E-state index contributed by atoms with van der Waals surface area (Å²) in [4.78, 5) is 0. The maximum absolute atomic E-state index is 9.02. The molecule has 16 heavy (non-hydrogen) atoms. The van der Waals surface area contributed by atoms with Gasteiger partial charge in [0, 0.05) is 19.2 Å². The average molecular weight is 227 g/mol. The number of hydrogen-bond donors (Lipinski definition) is 2. The van der Waals surface area contributed by atoms with Crippen LogP contribution in [0.1, 0.15) is 46.0 Å². The molecule has 0 spiro atoms. The van der Waals surface area contributed by atoms with Gasteiger partial charge < -0.3 is 15.2 Å². The fourth-order valence-corrected chi connectivity index (χ4v) is 2.86. The number of nitrogens with one attached hydrogen (secondary N) is 1. The molecule has 2 rings (SSSR count). The van der Waals surface area contributed by atoms with Gasteiger partial charge in [-0.05, 0) is 51.4 Å². The lowest BCUT2D eigenvalue weighted by atomic mass is 9.97. The smallest absolute Gasteiger partial charge is 0.0565 e. The lowest BCUT2D eigenvalue weighted by molar-refractivity contribution is -0.0427. The Morgan fingerprint density at radius 3 is 2.38 bits per heavy atom. The summed E-state index contributed by atoms with van der Waals surface area (Å²) in [6, 6.07) is 0.606. The van der Waals surface area contributed by atoms with E-state index < -0.39 is 0 Å². The van der Waals surface area contributed by atoms with E-state index in [1.54, 1.807) is 0 Å². The summed E-state index contributed by atoms with van der Waals surface area (Å²) in [5.74, 6) is 0. The molecule has 2 unspecified atom stereocenters. The van der Waals surface area contributed by atoms with Crippen molar-refractivity contribution in [2.45, 2.75) is 64.2 Å². The normalized spacial score (nSPS) is 37.3. The Bertz CT molecular complexity index is 218. The van der Waals surface area contributed by atoms with Crippen molar-refractivity contribution < 1.29 is 9.84 Å². The van der Waals surface area contributed by atoms with Gasteiger partial charge in [0.05, 0.1) is 12.2 Å². The molecule has 0 aromatic carbocycles. The second-order valence-corrected chi connectivity index (χ2v) is 5.78. The SMILES string of the molecule is CC1CC(NCC2(CCO)CC2)CC(C)O1. The molecule has 0 aromatic heterocycles. The zero-order valence-electron chi connectivity index (χ0n) is 10.5. The highest BCUT2D eigenvalue weighted by Crippen LogP contribution is 2.48. The first-order valence-electron chi connectivity index (χ1n) is 6.63. The van der Waals surface area contributed by atoms with Crippen molar-refractivity contribution in [2.75, 3.05) is 13.2 Å². The van der Waals surface area contributed by atoms with Crippen molar-refractivity contribution in [2.24, 2.45) is 5.41 Å². The summed E-state index contributed by atoms with van der Waals surface area (Å²) >= 11 is 0. The summed E-state index contributed by atoms with van der Waals surface area (Å²) in [5, 5.41) is 12.7. The number of hydrogen-bond acceptors (Lipinski definition) is 3. The molecule has 0 bridgehead atoms. The van der Waals surface area contributed by atoms with E-state index >= 15 is 0 Å². The van der Waals surface area contributed by atoms with Crippen molar-refractivity contribution in [1.82, 2.24) is 5.32 Å². The number of aliphatic hydroxyl groups is 1. The molecule has 1 heterocycles. The lowest BCUT2D eigenvalue weighted by Crippen LogP contribution is -2.43. The summed E-state index contributed by atoms with van der Waals surface area (Å²) in [7, 11) is 0. The van der Waals surface area contributed by atoms with E-state index in [9.17, 15) is 0 Å². The molecular weight excluding hydrogens is 202 g/mol. The van der Waals surface area contributed by atoms with Crippen LogP contribution in [-0.4, -0.2) is 36.5 Å². The third-order valence-electron chi connectivity index (χ3n) is 4.06. The first-order chi connectivity index (χ1) is 7.63. The number of ether oxygens (including phenoxy) is 1. The topological polar surface area (TPSA) is 41.5 Å². The third-order valence-corrected chi connectivity index (χ3v) is 4.06. The molecule has 1 saturated carbocycles. The molecule has 94 valence electrons. The van der Waals surface area contributed by atoms with E-state index in [1.165, 1.54) is 12.8 Å². The Hall–Kier alpha value is -0.120. The minimum atomic E-state index is 0.336. The fraction of sp³-hybridized carbons (Fsp3) is 1.00. The van der Waals surface area contributed by atoms with E-state index in [1.807, 2.05) is 0 Å². The maximum Gasteiger partial charge on any atom is 0.0565 e. The van der Waals surface area contributed by atoms with Gasteiger partial charge in [-0.15, -0.1) is 0 Å². The largest absolute Gasteiger partial charge is 0.396 e. The predicted molar refractivity (Wildman–Crippen MR) is 64.4 cm³/mol. The van der Waals surface area contributed by atoms with Crippen molar-refractivity contribution in [1.29, 1.82) is 0 Å². The Kier molecular flexibility index (Phi) is 3.88. The van der Waals surface area contributed by atoms with Crippen LogP contribution in [0, 0.1) is 5.41 Å². The molecule has 1 aliphatic carbocycles. The van der Waals surface area contributed by atoms with Gasteiger partial charge in [0.15, 0.2) is 0 Å². The van der Waals surface area contributed by atoms with Gasteiger partial charge in [-0.25, -0.2) is 0 Å². The Morgan fingerprint density at radius 1 is 1.25 bits per heavy atom. The molecule has 2 fully saturated rings. The third kappa shape index (κ3) is 3.19.